The molecule has 90 valence electrons. The maximum Gasteiger partial charge on any atom is 0.138 e. The van der Waals surface area contributed by atoms with Crippen LogP contribution in [0.3, 0.4) is 0 Å². The monoisotopic (exact) mass is 229 g/mol. The van der Waals surface area contributed by atoms with Crippen LogP contribution in [0.25, 0.3) is 10.9 Å². The zero-order valence-electron chi connectivity index (χ0n) is 10.4. The second-order valence-corrected chi connectivity index (χ2v) is 4.27. The number of hydrogen-bond donors (Lipinski definition) is 0. The van der Waals surface area contributed by atoms with Crippen molar-refractivity contribution < 1.29 is 4.74 Å². The van der Waals surface area contributed by atoms with E-state index in [0.717, 1.165) is 29.7 Å². The van der Waals surface area contributed by atoms with Crippen molar-refractivity contribution in [2.45, 2.75) is 32.6 Å². The van der Waals surface area contributed by atoms with E-state index in [1.807, 2.05) is 24.4 Å². The Balaban J connectivity index is 1.90. The van der Waals surface area contributed by atoms with Crippen LogP contribution < -0.4 is 4.74 Å². The van der Waals surface area contributed by atoms with Crippen molar-refractivity contribution in [2.24, 2.45) is 0 Å². The Hall–Kier alpha value is -1.57. The fourth-order valence-corrected chi connectivity index (χ4v) is 1.85. The van der Waals surface area contributed by atoms with Gasteiger partial charge in [0.15, 0.2) is 0 Å². The minimum absolute atomic E-state index is 0.792. The highest BCUT2D eigenvalue weighted by Crippen LogP contribution is 2.18. The van der Waals surface area contributed by atoms with Gasteiger partial charge < -0.3 is 4.74 Å². The average molecular weight is 229 g/mol. The Morgan fingerprint density at radius 2 is 2.00 bits per heavy atom. The zero-order valence-corrected chi connectivity index (χ0v) is 10.4. The number of para-hydroxylation sites is 1. The number of fused-ring (bicyclic) bond motifs is 1. The molecule has 0 radical (unpaired) electrons. The molecule has 0 N–H and O–H groups in total. The summed E-state index contributed by atoms with van der Waals surface area (Å²) in [6.07, 6.45) is 6.73. The van der Waals surface area contributed by atoms with Crippen LogP contribution in [0.5, 0.6) is 5.75 Å². The Labute approximate surface area is 103 Å². The van der Waals surface area contributed by atoms with Crippen LogP contribution >= 0.6 is 0 Å². The Morgan fingerprint density at radius 3 is 2.88 bits per heavy atom. The molecular formula is C15H19NO. The summed E-state index contributed by atoms with van der Waals surface area (Å²) in [6, 6.07) is 10.2. The molecule has 0 saturated heterocycles. The van der Waals surface area contributed by atoms with E-state index in [1.165, 1.54) is 19.3 Å². The van der Waals surface area contributed by atoms with Gasteiger partial charge in [-0.15, -0.1) is 0 Å². The lowest BCUT2D eigenvalue weighted by Crippen LogP contribution is -1.97. The van der Waals surface area contributed by atoms with Crippen LogP contribution in [0, 0.1) is 0 Å². The fourth-order valence-electron chi connectivity index (χ4n) is 1.85. The van der Waals surface area contributed by atoms with Crippen molar-refractivity contribution in [1.82, 2.24) is 4.98 Å². The normalized spacial score (nSPS) is 10.6. The molecule has 1 aromatic carbocycles. The van der Waals surface area contributed by atoms with Crippen LogP contribution in [0.15, 0.2) is 36.5 Å². The maximum absolute atomic E-state index is 5.70. The summed E-state index contributed by atoms with van der Waals surface area (Å²) in [5, 5.41) is 1.14. The first kappa shape index (κ1) is 11.9. The van der Waals surface area contributed by atoms with Crippen molar-refractivity contribution in [2.75, 3.05) is 6.61 Å². The van der Waals surface area contributed by atoms with Gasteiger partial charge in [-0.2, -0.15) is 0 Å². The van der Waals surface area contributed by atoms with Gasteiger partial charge in [0, 0.05) is 5.39 Å². The van der Waals surface area contributed by atoms with E-state index in [1.54, 1.807) is 0 Å². The Morgan fingerprint density at radius 1 is 1.12 bits per heavy atom. The molecule has 2 aromatic rings. The summed E-state index contributed by atoms with van der Waals surface area (Å²) in [5.74, 6) is 0.875. The van der Waals surface area contributed by atoms with Crippen molar-refractivity contribution in [3.8, 4) is 5.75 Å². The van der Waals surface area contributed by atoms with E-state index in [2.05, 4.69) is 24.0 Å². The number of rotatable bonds is 6. The van der Waals surface area contributed by atoms with Crippen molar-refractivity contribution >= 4 is 10.9 Å². The van der Waals surface area contributed by atoms with Gasteiger partial charge in [0.25, 0.3) is 0 Å². The van der Waals surface area contributed by atoms with Gasteiger partial charge >= 0.3 is 0 Å². The summed E-state index contributed by atoms with van der Waals surface area (Å²) < 4.78 is 5.70. The van der Waals surface area contributed by atoms with Crippen LogP contribution in [-0.4, -0.2) is 11.6 Å². The molecule has 2 nitrogen and oxygen atoms in total. The highest BCUT2D eigenvalue weighted by molar-refractivity contribution is 5.79. The predicted molar refractivity (Wildman–Crippen MR) is 71.4 cm³/mol. The highest BCUT2D eigenvalue weighted by Gasteiger charge is 1.97. The minimum Gasteiger partial charge on any atom is -0.492 e. The van der Waals surface area contributed by atoms with Gasteiger partial charge in [0.2, 0.25) is 0 Å². The van der Waals surface area contributed by atoms with Crippen LogP contribution in [0.4, 0.5) is 0 Å². The molecule has 1 heterocycles. The summed E-state index contributed by atoms with van der Waals surface area (Å²) in [6.45, 7) is 3.01. The van der Waals surface area contributed by atoms with E-state index in [4.69, 9.17) is 4.74 Å². The Bertz CT molecular complexity index is 467. The lowest BCUT2D eigenvalue weighted by molar-refractivity contribution is 0.304. The molecule has 0 fully saturated rings. The third kappa shape index (κ3) is 3.45. The second-order valence-electron chi connectivity index (χ2n) is 4.27. The molecular weight excluding hydrogens is 210 g/mol. The molecule has 0 amide bonds. The predicted octanol–water partition coefficient (Wildman–Crippen LogP) is 4.19. The number of aromatic nitrogens is 1. The number of hydrogen-bond acceptors (Lipinski definition) is 2. The molecule has 2 rings (SSSR count). The number of benzene rings is 1. The van der Waals surface area contributed by atoms with E-state index in [9.17, 15) is 0 Å². The minimum atomic E-state index is 0.792. The van der Waals surface area contributed by atoms with Gasteiger partial charge in [-0.05, 0) is 18.6 Å². The van der Waals surface area contributed by atoms with Crippen molar-refractivity contribution in [3.05, 3.63) is 36.5 Å². The molecule has 0 bridgehead atoms. The summed E-state index contributed by atoms with van der Waals surface area (Å²) in [4.78, 5) is 4.37. The fraction of sp³-hybridized carbons (Fsp3) is 0.400. The molecule has 0 unspecified atom stereocenters. The van der Waals surface area contributed by atoms with Crippen molar-refractivity contribution in [1.29, 1.82) is 0 Å². The topological polar surface area (TPSA) is 22.1 Å². The first-order chi connectivity index (χ1) is 8.40. The highest BCUT2D eigenvalue weighted by atomic mass is 16.5. The quantitative estimate of drug-likeness (QED) is 0.693. The van der Waals surface area contributed by atoms with Crippen LogP contribution in [-0.2, 0) is 0 Å². The first-order valence-corrected chi connectivity index (χ1v) is 6.38. The molecule has 1 aromatic heterocycles. The molecule has 0 aliphatic carbocycles. The van der Waals surface area contributed by atoms with Gasteiger partial charge in [-0.25, -0.2) is 0 Å². The first-order valence-electron chi connectivity index (χ1n) is 6.38. The lowest BCUT2D eigenvalue weighted by atomic mass is 10.2. The number of ether oxygens (including phenoxy) is 1. The van der Waals surface area contributed by atoms with Gasteiger partial charge in [-0.3, -0.25) is 4.98 Å². The van der Waals surface area contributed by atoms with E-state index >= 15 is 0 Å². The Kier molecular flexibility index (Phi) is 4.37. The van der Waals surface area contributed by atoms with Gasteiger partial charge in [0.1, 0.15) is 5.75 Å². The van der Waals surface area contributed by atoms with E-state index in [0.29, 0.717) is 0 Å². The van der Waals surface area contributed by atoms with Gasteiger partial charge in [-0.1, -0.05) is 44.4 Å². The smallest absolute Gasteiger partial charge is 0.138 e. The summed E-state index contributed by atoms with van der Waals surface area (Å²) >= 11 is 0. The third-order valence-corrected chi connectivity index (χ3v) is 2.83. The molecule has 0 aliphatic heterocycles. The largest absolute Gasteiger partial charge is 0.492 e. The summed E-state index contributed by atoms with van der Waals surface area (Å²) in [7, 11) is 0. The second kappa shape index (κ2) is 6.24. The zero-order chi connectivity index (χ0) is 11.9. The molecule has 0 spiro atoms. The third-order valence-electron chi connectivity index (χ3n) is 2.83. The number of unbranched alkanes of at least 4 members (excludes halogenated alkanes) is 3. The maximum atomic E-state index is 5.70. The SMILES string of the molecule is CCCCCCOc1cnc2ccccc2c1. The van der Waals surface area contributed by atoms with Crippen LogP contribution in [0.1, 0.15) is 32.6 Å². The average Bonchev–Trinajstić information content (AvgIpc) is 2.38. The molecule has 17 heavy (non-hydrogen) atoms. The van der Waals surface area contributed by atoms with E-state index < -0.39 is 0 Å². The lowest BCUT2D eigenvalue weighted by Gasteiger charge is -2.06. The number of pyridine rings is 1. The number of nitrogens with zero attached hydrogens (tertiary/aromatic N) is 1. The standard InChI is InChI=1S/C15H19NO/c1-2-3-4-7-10-17-14-11-13-8-5-6-9-15(13)16-12-14/h5-6,8-9,11-12H,2-4,7,10H2,1H3. The van der Waals surface area contributed by atoms with Crippen molar-refractivity contribution in [3.63, 3.8) is 0 Å². The molecule has 2 heteroatoms. The molecule has 0 aliphatic rings. The molecule has 0 saturated carbocycles. The summed E-state index contributed by atoms with van der Waals surface area (Å²) in [5.41, 5.74) is 1.02. The molecule has 0 atom stereocenters. The van der Waals surface area contributed by atoms with Crippen LogP contribution in [0.2, 0.25) is 0 Å². The van der Waals surface area contributed by atoms with E-state index in [-0.39, 0.29) is 0 Å². The van der Waals surface area contributed by atoms with Gasteiger partial charge in [0.05, 0.1) is 18.3 Å².